The van der Waals surface area contributed by atoms with Gasteiger partial charge >= 0.3 is 0 Å². The van der Waals surface area contributed by atoms with Gasteiger partial charge in [-0.05, 0) is 43.4 Å². The fourth-order valence-electron chi connectivity index (χ4n) is 4.05. The van der Waals surface area contributed by atoms with Crippen molar-refractivity contribution in [2.75, 3.05) is 5.32 Å². The molecular formula is C20H22N8O. The van der Waals surface area contributed by atoms with Crippen molar-refractivity contribution in [1.82, 2.24) is 34.9 Å². The number of amides is 1. The molecule has 0 aromatic carbocycles. The summed E-state index contributed by atoms with van der Waals surface area (Å²) in [5.41, 5.74) is 3.67. The zero-order chi connectivity index (χ0) is 19.8. The van der Waals surface area contributed by atoms with E-state index in [0.717, 1.165) is 53.5 Å². The summed E-state index contributed by atoms with van der Waals surface area (Å²) in [4.78, 5) is 27.9. The largest absolute Gasteiger partial charge is 0.354 e. The van der Waals surface area contributed by atoms with Crippen LogP contribution in [0.4, 0.5) is 5.95 Å². The lowest BCUT2D eigenvalue weighted by atomic mass is 9.91. The van der Waals surface area contributed by atoms with Gasteiger partial charge in [0.15, 0.2) is 5.65 Å². The first-order valence-electron chi connectivity index (χ1n) is 9.83. The summed E-state index contributed by atoms with van der Waals surface area (Å²) < 4.78 is 1.73. The van der Waals surface area contributed by atoms with Crippen molar-refractivity contribution >= 4 is 28.5 Å². The highest BCUT2D eigenvalue weighted by Gasteiger charge is 2.22. The van der Waals surface area contributed by atoms with Crippen molar-refractivity contribution in [2.24, 2.45) is 0 Å². The Morgan fingerprint density at radius 1 is 1.21 bits per heavy atom. The number of H-pyrrole nitrogens is 1. The Morgan fingerprint density at radius 3 is 2.86 bits per heavy atom. The molecule has 0 aliphatic heterocycles. The molecule has 0 saturated heterocycles. The summed E-state index contributed by atoms with van der Waals surface area (Å²) in [5.74, 6) is 0.669. The topological polar surface area (TPSA) is 113 Å². The molecule has 29 heavy (non-hydrogen) atoms. The predicted molar refractivity (Wildman–Crippen MR) is 109 cm³/mol. The molecule has 5 rings (SSSR count). The Labute approximate surface area is 167 Å². The number of hydrogen-bond donors (Lipinski definition) is 3. The molecule has 1 aliphatic carbocycles. The standard InChI is InChI=1S/C20H22N8O/c1-12(29)25-14-2-4-15(5-3-14)26-20-22-10-17-16(9-21-19(17)27-20)13-6-7-28-18(8-13)23-11-24-28/h6-11,14-15H,2-5H2,1H3,(H,25,29)(H2,21,22,26,27)/t14-,15-. The number of carbonyl (C=O) groups is 1. The van der Waals surface area contributed by atoms with Gasteiger partial charge in [0, 0.05) is 48.5 Å². The smallest absolute Gasteiger partial charge is 0.224 e. The molecule has 1 amide bonds. The molecule has 1 saturated carbocycles. The highest BCUT2D eigenvalue weighted by Crippen LogP contribution is 2.29. The fraction of sp³-hybridized carbons (Fsp3) is 0.350. The minimum absolute atomic E-state index is 0.0425. The number of aromatic amines is 1. The van der Waals surface area contributed by atoms with E-state index in [0.29, 0.717) is 12.0 Å². The van der Waals surface area contributed by atoms with E-state index in [2.05, 4.69) is 35.7 Å². The normalized spacial score (nSPS) is 19.5. The van der Waals surface area contributed by atoms with Gasteiger partial charge in [-0.1, -0.05) is 0 Å². The van der Waals surface area contributed by atoms with Crippen LogP contribution in [0.5, 0.6) is 0 Å². The van der Waals surface area contributed by atoms with Crippen LogP contribution in [0.15, 0.2) is 37.1 Å². The molecule has 0 unspecified atom stereocenters. The van der Waals surface area contributed by atoms with Crippen molar-refractivity contribution in [3.05, 3.63) is 37.1 Å². The van der Waals surface area contributed by atoms with E-state index in [-0.39, 0.29) is 11.9 Å². The van der Waals surface area contributed by atoms with E-state index in [4.69, 9.17) is 0 Å². The zero-order valence-corrected chi connectivity index (χ0v) is 16.1. The summed E-state index contributed by atoms with van der Waals surface area (Å²) in [6.45, 7) is 1.57. The molecule has 148 valence electrons. The molecule has 0 bridgehead atoms. The molecule has 4 aromatic heterocycles. The van der Waals surface area contributed by atoms with Crippen molar-refractivity contribution in [2.45, 2.75) is 44.7 Å². The Morgan fingerprint density at radius 2 is 2.03 bits per heavy atom. The lowest BCUT2D eigenvalue weighted by Gasteiger charge is -2.29. The van der Waals surface area contributed by atoms with Crippen molar-refractivity contribution in [1.29, 1.82) is 0 Å². The first-order valence-corrected chi connectivity index (χ1v) is 9.83. The van der Waals surface area contributed by atoms with Gasteiger partial charge in [0.2, 0.25) is 11.9 Å². The number of fused-ring (bicyclic) bond motifs is 2. The third-order valence-electron chi connectivity index (χ3n) is 5.49. The molecule has 1 fully saturated rings. The quantitative estimate of drug-likeness (QED) is 0.494. The van der Waals surface area contributed by atoms with Gasteiger partial charge in [-0.15, -0.1) is 0 Å². The van der Waals surface area contributed by atoms with Crippen LogP contribution in [0.25, 0.3) is 27.8 Å². The van der Waals surface area contributed by atoms with E-state index >= 15 is 0 Å². The van der Waals surface area contributed by atoms with Gasteiger partial charge in [-0.2, -0.15) is 10.1 Å². The third-order valence-corrected chi connectivity index (χ3v) is 5.49. The molecule has 3 N–H and O–H groups in total. The third kappa shape index (κ3) is 3.51. The highest BCUT2D eigenvalue weighted by molar-refractivity contribution is 5.93. The lowest BCUT2D eigenvalue weighted by Crippen LogP contribution is -2.39. The predicted octanol–water partition coefficient (Wildman–Crippen LogP) is 2.53. The van der Waals surface area contributed by atoms with Crippen LogP contribution in [0.3, 0.4) is 0 Å². The number of pyridine rings is 1. The van der Waals surface area contributed by atoms with E-state index < -0.39 is 0 Å². The van der Waals surface area contributed by atoms with Gasteiger partial charge in [0.25, 0.3) is 0 Å². The highest BCUT2D eigenvalue weighted by atomic mass is 16.1. The van der Waals surface area contributed by atoms with Crippen LogP contribution >= 0.6 is 0 Å². The Balaban J connectivity index is 1.32. The Bertz CT molecular complexity index is 1170. The second-order valence-corrected chi connectivity index (χ2v) is 7.53. The summed E-state index contributed by atoms with van der Waals surface area (Å²) in [6.07, 6.45) is 11.1. The SMILES string of the molecule is CC(=O)N[C@H]1CC[C@H](Nc2ncc3c(-c4ccn5ncnc5c4)c[nH]c3n2)CC1. The van der Waals surface area contributed by atoms with Crippen LogP contribution in [0.1, 0.15) is 32.6 Å². The molecular weight excluding hydrogens is 368 g/mol. The second kappa shape index (κ2) is 7.16. The Hall–Kier alpha value is -3.49. The van der Waals surface area contributed by atoms with Gasteiger partial charge in [-0.25, -0.2) is 14.5 Å². The van der Waals surface area contributed by atoms with Crippen molar-refractivity contribution < 1.29 is 4.79 Å². The summed E-state index contributed by atoms with van der Waals surface area (Å²) in [5, 5.41) is 11.5. The molecule has 0 spiro atoms. The number of nitrogens with one attached hydrogen (secondary N) is 3. The second-order valence-electron chi connectivity index (χ2n) is 7.53. The number of nitrogens with zero attached hydrogens (tertiary/aromatic N) is 5. The molecule has 9 heteroatoms. The van der Waals surface area contributed by atoms with Crippen LogP contribution in [-0.2, 0) is 4.79 Å². The van der Waals surface area contributed by atoms with E-state index in [9.17, 15) is 4.79 Å². The van der Waals surface area contributed by atoms with Crippen LogP contribution in [0, 0.1) is 0 Å². The summed E-state index contributed by atoms with van der Waals surface area (Å²) >= 11 is 0. The number of aromatic nitrogens is 6. The molecule has 1 aliphatic rings. The fourth-order valence-corrected chi connectivity index (χ4v) is 4.05. The number of carbonyl (C=O) groups excluding carboxylic acids is 1. The zero-order valence-electron chi connectivity index (χ0n) is 16.1. The van der Waals surface area contributed by atoms with Crippen LogP contribution in [-0.4, -0.2) is 47.5 Å². The average molecular weight is 390 g/mol. The summed E-state index contributed by atoms with van der Waals surface area (Å²) in [7, 11) is 0. The molecule has 0 radical (unpaired) electrons. The summed E-state index contributed by atoms with van der Waals surface area (Å²) in [6, 6.07) is 4.60. The van der Waals surface area contributed by atoms with Crippen LogP contribution < -0.4 is 10.6 Å². The first-order chi connectivity index (χ1) is 14.2. The van der Waals surface area contributed by atoms with Gasteiger partial charge in [0.05, 0.1) is 0 Å². The maximum absolute atomic E-state index is 11.2. The first kappa shape index (κ1) is 17.6. The van der Waals surface area contributed by atoms with Crippen LogP contribution in [0.2, 0.25) is 0 Å². The lowest BCUT2D eigenvalue weighted by molar-refractivity contribution is -0.119. The number of hydrogen-bond acceptors (Lipinski definition) is 6. The number of rotatable bonds is 4. The van der Waals surface area contributed by atoms with Gasteiger partial charge < -0.3 is 15.6 Å². The molecule has 4 aromatic rings. The minimum atomic E-state index is 0.0425. The Kier molecular flexibility index (Phi) is 4.34. The molecule has 9 nitrogen and oxygen atoms in total. The van der Waals surface area contributed by atoms with E-state index in [1.54, 1.807) is 17.8 Å². The minimum Gasteiger partial charge on any atom is -0.354 e. The van der Waals surface area contributed by atoms with E-state index in [1.807, 2.05) is 30.7 Å². The van der Waals surface area contributed by atoms with Gasteiger partial charge in [0.1, 0.15) is 12.0 Å². The van der Waals surface area contributed by atoms with Crippen molar-refractivity contribution in [3.63, 3.8) is 0 Å². The monoisotopic (exact) mass is 390 g/mol. The maximum Gasteiger partial charge on any atom is 0.224 e. The molecule has 4 heterocycles. The number of anilines is 1. The average Bonchev–Trinajstić information content (AvgIpc) is 3.35. The van der Waals surface area contributed by atoms with Crippen molar-refractivity contribution in [3.8, 4) is 11.1 Å². The van der Waals surface area contributed by atoms with Gasteiger partial charge in [-0.3, -0.25) is 4.79 Å². The maximum atomic E-state index is 11.2. The van der Waals surface area contributed by atoms with E-state index in [1.165, 1.54) is 0 Å². The molecule has 0 atom stereocenters.